The molecule has 0 bridgehead atoms. The standard InChI is InChI=1S/C23H35N3O8/c1-22(2,3)33-20(28)24-14-8-7-9-18(25-21(29)34-23(4,5)6)19(27)32-15-16-10-12-17(13-11-16)26(30)31/h10-13,18H,7-9,14-15H2,1-6H3,(H,24,28)(H,25,29)/t18-/m0/s1. The fourth-order valence-corrected chi connectivity index (χ4v) is 2.65. The Morgan fingerprint density at radius 1 is 0.941 bits per heavy atom. The number of unbranched alkanes of at least 4 members (excludes halogenated alkanes) is 1. The minimum Gasteiger partial charge on any atom is -0.459 e. The molecule has 2 N–H and O–H groups in total. The number of carbonyl (C=O) groups excluding carboxylic acids is 3. The van der Waals surface area contributed by atoms with Gasteiger partial charge in [-0.25, -0.2) is 14.4 Å². The molecule has 0 aromatic heterocycles. The normalized spacial score (nSPS) is 12.3. The summed E-state index contributed by atoms with van der Waals surface area (Å²) in [5.41, 5.74) is -0.842. The zero-order valence-corrected chi connectivity index (χ0v) is 20.6. The van der Waals surface area contributed by atoms with E-state index in [-0.39, 0.29) is 18.7 Å². The Morgan fingerprint density at radius 3 is 2.03 bits per heavy atom. The van der Waals surface area contributed by atoms with Gasteiger partial charge >= 0.3 is 18.2 Å². The van der Waals surface area contributed by atoms with Gasteiger partial charge in [-0.1, -0.05) is 0 Å². The first kappa shape index (κ1) is 28.7. The highest BCUT2D eigenvalue weighted by atomic mass is 16.6. The Morgan fingerprint density at radius 2 is 1.50 bits per heavy atom. The third-order valence-corrected chi connectivity index (χ3v) is 4.09. The van der Waals surface area contributed by atoms with Gasteiger partial charge in [-0.05, 0) is 78.5 Å². The van der Waals surface area contributed by atoms with E-state index in [4.69, 9.17) is 14.2 Å². The van der Waals surface area contributed by atoms with E-state index < -0.39 is 40.3 Å². The Kier molecular flexibility index (Phi) is 10.8. The van der Waals surface area contributed by atoms with Crippen molar-refractivity contribution in [1.29, 1.82) is 0 Å². The van der Waals surface area contributed by atoms with Crippen LogP contribution in [0.25, 0.3) is 0 Å². The Bertz CT molecular complexity index is 841. The number of alkyl carbamates (subject to hydrolysis) is 2. The first-order valence-corrected chi connectivity index (χ1v) is 11.0. The number of nitrogens with zero attached hydrogens (tertiary/aromatic N) is 1. The van der Waals surface area contributed by atoms with E-state index in [0.717, 1.165) is 0 Å². The maximum Gasteiger partial charge on any atom is 0.408 e. The van der Waals surface area contributed by atoms with Crippen molar-refractivity contribution in [3.05, 3.63) is 39.9 Å². The van der Waals surface area contributed by atoms with Crippen LogP contribution in [0.3, 0.4) is 0 Å². The summed E-state index contributed by atoms with van der Waals surface area (Å²) in [4.78, 5) is 46.7. The van der Waals surface area contributed by atoms with Crippen LogP contribution in [0.15, 0.2) is 24.3 Å². The highest BCUT2D eigenvalue weighted by Crippen LogP contribution is 2.14. The zero-order chi connectivity index (χ0) is 25.9. The summed E-state index contributed by atoms with van der Waals surface area (Å²) in [6.45, 7) is 10.6. The number of nitrogens with one attached hydrogen (secondary N) is 2. The van der Waals surface area contributed by atoms with Crippen molar-refractivity contribution < 1.29 is 33.5 Å². The van der Waals surface area contributed by atoms with E-state index in [1.807, 2.05) is 0 Å². The monoisotopic (exact) mass is 481 g/mol. The van der Waals surface area contributed by atoms with Gasteiger partial charge in [0.05, 0.1) is 4.92 Å². The van der Waals surface area contributed by atoms with Crippen molar-refractivity contribution in [3.8, 4) is 0 Å². The third-order valence-electron chi connectivity index (χ3n) is 4.09. The van der Waals surface area contributed by atoms with Gasteiger partial charge in [0, 0.05) is 18.7 Å². The van der Waals surface area contributed by atoms with Crippen LogP contribution in [0.1, 0.15) is 66.4 Å². The first-order valence-electron chi connectivity index (χ1n) is 11.0. The number of non-ortho nitro benzene ring substituents is 1. The van der Waals surface area contributed by atoms with Gasteiger partial charge in [-0.3, -0.25) is 10.1 Å². The van der Waals surface area contributed by atoms with Gasteiger partial charge in [0.25, 0.3) is 5.69 Å². The topological polar surface area (TPSA) is 146 Å². The van der Waals surface area contributed by atoms with Crippen molar-refractivity contribution in [2.75, 3.05) is 6.54 Å². The van der Waals surface area contributed by atoms with Crippen molar-refractivity contribution >= 4 is 23.8 Å². The first-order chi connectivity index (χ1) is 15.7. The molecule has 0 saturated heterocycles. The molecule has 0 unspecified atom stereocenters. The molecule has 2 amide bonds. The number of hydrogen-bond acceptors (Lipinski definition) is 8. The molecule has 0 aliphatic rings. The number of rotatable bonds is 10. The molecule has 0 aliphatic carbocycles. The highest BCUT2D eigenvalue weighted by Gasteiger charge is 2.25. The molecule has 1 aromatic carbocycles. The van der Waals surface area contributed by atoms with E-state index in [2.05, 4.69) is 10.6 Å². The lowest BCUT2D eigenvalue weighted by Crippen LogP contribution is -2.44. The molecule has 0 spiro atoms. The lowest BCUT2D eigenvalue weighted by molar-refractivity contribution is -0.384. The number of hydrogen-bond donors (Lipinski definition) is 2. The fourth-order valence-electron chi connectivity index (χ4n) is 2.65. The number of ether oxygens (including phenoxy) is 3. The number of nitro groups is 1. The molecule has 1 rings (SSSR count). The lowest BCUT2D eigenvalue weighted by atomic mass is 10.1. The number of amides is 2. The fraction of sp³-hybridized carbons (Fsp3) is 0.609. The molecule has 1 atom stereocenters. The SMILES string of the molecule is CC(C)(C)OC(=O)NCCCC[C@H](NC(=O)OC(C)(C)C)C(=O)OCc1ccc([N+](=O)[O-])cc1. The lowest BCUT2D eigenvalue weighted by Gasteiger charge is -2.23. The van der Waals surface area contributed by atoms with Crippen molar-refractivity contribution in [2.24, 2.45) is 0 Å². The van der Waals surface area contributed by atoms with Gasteiger partial charge < -0.3 is 24.8 Å². The number of esters is 1. The van der Waals surface area contributed by atoms with Gasteiger partial charge in [0.15, 0.2) is 0 Å². The van der Waals surface area contributed by atoms with Crippen LogP contribution in [0.2, 0.25) is 0 Å². The summed E-state index contributed by atoms with van der Waals surface area (Å²) >= 11 is 0. The summed E-state index contributed by atoms with van der Waals surface area (Å²) in [6, 6.07) is 4.65. The second kappa shape index (κ2) is 12.8. The molecule has 0 heterocycles. The number of benzene rings is 1. The molecular formula is C23H35N3O8. The van der Waals surface area contributed by atoms with E-state index in [0.29, 0.717) is 24.9 Å². The molecule has 0 saturated carbocycles. The van der Waals surface area contributed by atoms with Crippen LogP contribution in [0, 0.1) is 10.1 Å². The van der Waals surface area contributed by atoms with Crippen LogP contribution < -0.4 is 10.6 Å². The van der Waals surface area contributed by atoms with Crippen LogP contribution >= 0.6 is 0 Å². The Hall–Kier alpha value is -3.37. The minimum atomic E-state index is -0.963. The highest BCUT2D eigenvalue weighted by molar-refractivity contribution is 5.81. The van der Waals surface area contributed by atoms with E-state index in [1.165, 1.54) is 24.3 Å². The van der Waals surface area contributed by atoms with Crippen LogP contribution in [0.4, 0.5) is 15.3 Å². The van der Waals surface area contributed by atoms with E-state index in [9.17, 15) is 24.5 Å². The molecule has 1 aromatic rings. The van der Waals surface area contributed by atoms with Gasteiger partial charge in [0.1, 0.15) is 23.9 Å². The molecule has 190 valence electrons. The maximum absolute atomic E-state index is 12.6. The molecule has 11 nitrogen and oxygen atoms in total. The molecule has 0 radical (unpaired) electrons. The largest absolute Gasteiger partial charge is 0.459 e. The molecule has 0 aliphatic heterocycles. The third kappa shape index (κ3) is 12.6. The minimum absolute atomic E-state index is 0.0699. The number of nitro benzene ring substituents is 1. The second-order valence-corrected chi connectivity index (χ2v) is 9.65. The Labute approximate surface area is 199 Å². The van der Waals surface area contributed by atoms with E-state index >= 15 is 0 Å². The van der Waals surface area contributed by atoms with Crippen molar-refractivity contribution in [2.45, 2.75) is 84.7 Å². The summed E-state index contributed by atoms with van der Waals surface area (Å²) in [5.74, 6) is -0.663. The predicted molar refractivity (Wildman–Crippen MR) is 124 cm³/mol. The van der Waals surface area contributed by atoms with Crippen LogP contribution in [0.5, 0.6) is 0 Å². The van der Waals surface area contributed by atoms with E-state index in [1.54, 1.807) is 41.5 Å². The quantitative estimate of drug-likeness (QED) is 0.166. The van der Waals surface area contributed by atoms with Gasteiger partial charge in [-0.15, -0.1) is 0 Å². The maximum atomic E-state index is 12.6. The summed E-state index contributed by atoms with van der Waals surface area (Å²) in [5, 5.41) is 15.9. The molecular weight excluding hydrogens is 446 g/mol. The molecule has 34 heavy (non-hydrogen) atoms. The second-order valence-electron chi connectivity index (χ2n) is 9.65. The zero-order valence-electron chi connectivity index (χ0n) is 20.6. The number of carbonyl (C=O) groups is 3. The summed E-state index contributed by atoms with van der Waals surface area (Å²) < 4.78 is 15.7. The predicted octanol–water partition coefficient (Wildman–Crippen LogP) is 4.23. The van der Waals surface area contributed by atoms with Crippen molar-refractivity contribution in [3.63, 3.8) is 0 Å². The smallest absolute Gasteiger partial charge is 0.408 e. The average molecular weight is 482 g/mol. The van der Waals surface area contributed by atoms with Crippen LogP contribution in [-0.2, 0) is 25.6 Å². The molecule has 0 fully saturated rings. The Balaban J connectivity index is 2.62. The van der Waals surface area contributed by atoms with Crippen molar-refractivity contribution in [1.82, 2.24) is 10.6 Å². The summed E-state index contributed by atoms with van der Waals surface area (Å²) in [7, 11) is 0. The average Bonchev–Trinajstić information content (AvgIpc) is 2.68. The molecule has 11 heteroatoms. The van der Waals surface area contributed by atoms with Gasteiger partial charge in [-0.2, -0.15) is 0 Å². The van der Waals surface area contributed by atoms with Gasteiger partial charge in [0.2, 0.25) is 0 Å². The van der Waals surface area contributed by atoms with Crippen LogP contribution in [-0.4, -0.2) is 46.9 Å². The summed E-state index contributed by atoms with van der Waals surface area (Å²) in [6.07, 6.45) is 0.0219.